The zero-order chi connectivity index (χ0) is 17.4. The van der Waals surface area contributed by atoms with Crippen LogP contribution in [0.15, 0.2) is 24.3 Å². The van der Waals surface area contributed by atoms with Crippen LogP contribution < -0.4 is 10.6 Å². The molecule has 0 saturated heterocycles. The summed E-state index contributed by atoms with van der Waals surface area (Å²) in [6.07, 6.45) is 0.459. The van der Waals surface area contributed by atoms with Crippen LogP contribution in [0.3, 0.4) is 0 Å². The lowest BCUT2D eigenvalue weighted by atomic mass is 10.0. The monoisotopic (exact) mass is 340 g/mol. The van der Waals surface area contributed by atoms with Gasteiger partial charge in [-0.2, -0.15) is 0 Å². The van der Waals surface area contributed by atoms with Crippen LogP contribution in [0.4, 0.5) is 0 Å². The Morgan fingerprint density at radius 1 is 1.26 bits per heavy atom. The molecular formula is C16H21ClN2O4. The summed E-state index contributed by atoms with van der Waals surface area (Å²) >= 11 is 5.81. The number of rotatable bonds is 7. The third-order valence-corrected chi connectivity index (χ3v) is 3.26. The molecule has 0 spiro atoms. The van der Waals surface area contributed by atoms with Crippen molar-refractivity contribution in [3.63, 3.8) is 0 Å². The van der Waals surface area contributed by atoms with E-state index >= 15 is 0 Å². The molecule has 0 saturated carbocycles. The first-order valence-electron chi connectivity index (χ1n) is 7.24. The summed E-state index contributed by atoms with van der Waals surface area (Å²) in [5, 5.41) is 5.48. The molecule has 0 unspecified atom stereocenters. The van der Waals surface area contributed by atoms with E-state index in [1.807, 2.05) is 13.8 Å². The van der Waals surface area contributed by atoms with Crippen molar-refractivity contribution in [3.05, 3.63) is 34.9 Å². The third-order valence-electron chi connectivity index (χ3n) is 3.02. The number of carbonyl (C=O) groups is 3. The molecule has 7 heteroatoms. The fourth-order valence-electron chi connectivity index (χ4n) is 1.97. The van der Waals surface area contributed by atoms with Crippen molar-refractivity contribution in [2.24, 2.45) is 5.92 Å². The maximum Gasteiger partial charge on any atom is 0.328 e. The second kappa shape index (κ2) is 9.15. The Morgan fingerprint density at radius 2 is 1.96 bits per heavy atom. The van der Waals surface area contributed by atoms with E-state index < -0.39 is 23.8 Å². The normalized spacial score (nSPS) is 11.7. The van der Waals surface area contributed by atoms with Crippen LogP contribution in [0, 0.1) is 5.92 Å². The minimum atomic E-state index is -0.726. The van der Waals surface area contributed by atoms with Gasteiger partial charge in [-0.25, -0.2) is 4.79 Å². The molecule has 6 nitrogen and oxygen atoms in total. The number of esters is 1. The van der Waals surface area contributed by atoms with Crippen molar-refractivity contribution in [2.45, 2.75) is 26.3 Å². The number of ether oxygens (including phenoxy) is 1. The number of benzene rings is 1. The van der Waals surface area contributed by atoms with Crippen molar-refractivity contribution in [1.29, 1.82) is 0 Å². The minimum absolute atomic E-state index is 0.209. The van der Waals surface area contributed by atoms with Crippen LogP contribution in [0.25, 0.3) is 0 Å². The number of halogens is 1. The van der Waals surface area contributed by atoms with Gasteiger partial charge in [-0.15, -0.1) is 0 Å². The highest BCUT2D eigenvalue weighted by Crippen LogP contribution is 2.10. The van der Waals surface area contributed by atoms with Crippen molar-refractivity contribution < 1.29 is 19.1 Å². The lowest BCUT2D eigenvalue weighted by Gasteiger charge is -2.18. The average Bonchev–Trinajstić information content (AvgIpc) is 2.50. The molecule has 0 fully saturated rings. The minimum Gasteiger partial charge on any atom is -0.467 e. The molecule has 23 heavy (non-hydrogen) atoms. The number of methoxy groups -OCH3 is 1. The lowest BCUT2D eigenvalue weighted by molar-refractivity contribution is -0.145. The predicted molar refractivity (Wildman–Crippen MR) is 87.2 cm³/mol. The van der Waals surface area contributed by atoms with Gasteiger partial charge < -0.3 is 15.4 Å². The molecule has 1 atom stereocenters. The molecule has 1 rings (SSSR count). The van der Waals surface area contributed by atoms with Crippen LogP contribution >= 0.6 is 11.6 Å². The SMILES string of the molecule is COC(=O)[C@H](CC(C)C)NC(=O)CNC(=O)c1cccc(Cl)c1. The Balaban J connectivity index is 2.54. The summed E-state index contributed by atoms with van der Waals surface area (Å²) in [6.45, 7) is 3.63. The van der Waals surface area contributed by atoms with Crippen LogP contribution in [0.1, 0.15) is 30.6 Å². The highest BCUT2D eigenvalue weighted by molar-refractivity contribution is 6.30. The van der Waals surface area contributed by atoms with Gasteiger partial charge >= 0.3 is 5.97 Å². The van der Waals surface area contributed by atoms with Crippen LogP contribution in [-0.4, -0.2) is 37.5 Å². The molecule has 0 aromatic heterocycles. The molecule has 0 aliphatic rings. The van der Waals surface area contributed by atoms with Gasteiger partial charge in [0.05, 0.1) is 13.7 Å². The molecule has 0 bridgehead atoms. The molecule has 0 radical (unpaired) electrons. The summed E-state index contributed by atoms with van der Waals surface area (Å²) in [4.78, 5) is 35.5. The largest absolute Gasteiger partial charge is 0.467 e. The quantitative estimate of drug-likeness (QED) is 0.741. The maximum absolute atomic E-state index is 11.9. The highest BCUT2D eigenvalue weighted by Gasteiger charge is 2.22. The molecule has 2 amide bonds. The van der Waals surface area contributed by atoms with E-state index in [1.165, 1.54) is 13.2 Å². The number of nitrogens with one attached hydrogen (secondary N) is 2. The molecule has 0 heterocycles. The van der Waals surface area contributed by atoms with E-state index in [2.05, 4.69) is 15.4 Å². The van der Waals surface area contributed by atoms with Crippen LogP contribution in [0.2, 0.25) is 5.02 Å². The van der Waals surface area contributed by atoms with Crippen LogP contribution in [0.5, 0.6) is 0 Å². The topological polar surface area (TPSA) is 84.5 Å². The van der Waals surface area contributed by atoms with Crippen molar-refractivity contribution in [1.82, 2.24) is 10.6 Å². The van der Waals surface area contributed by atoms with E-state index in [-0.39, 0.29) is 12.5 Å². The smallest absolute Gasteiger partial charge is 0.328 e. The van der Waals surface area contributed by atoms with E-state index in [0.717, 1.165) is 0 Å². The number of hydrogen-bond donors (Lipinski definition) is 2. The van der Waals surface area contributed by atoms with Gasteiger partial charge in [0.15, 0.2) is 0 Å². The highest BCUT2D eigenvalue weighted by atomic mass is 35.5. The van der Waals surface area contributed by atoms with Crippen molar-refractivity contribution >= 4 is 29.4 Å². The van der Waals surface area contributed by atoms with Gasteiger partial charge in [-0.3, -0.25) is 9.59 Å². The van der Waals surface area contributed by atoms with Gasteiger partial charge in [0, 0.05) is 10.6 Å². The van der Waals surface area contributed by atoms with Crippen molar-refractivity contribution in [2.75, 3.05) is 13.7 Å². The molecule has 2 N–H and O–H groups in total. The number of hydrogen-bond acceptors (Lipinski definition) is 4. The first-order chi connectivity index (χ1) is 10.8. The van der Waals surface area contributed by atoms with Gasteiger partial charge in [-0.05, 0) is 30.5 Å². The molecule has 0 aliphatic carbocycles. The molecule has 0 aliphatic heterocycles. The summed E-state index contributed by atoms with van der Waals surface area (Å²) < 4.78 is 4.67. The van der Waals surface area contributed by atoms with Gasteiger partial charge in [-0.1, -0.05) is 31.5 Å². The van der Waals surface area contributed by atoms with E-state index in [1.54, 1.807) is 18.2 Å². The second-order valence-electron chi connectivity index (χ2n) is 5.47. The molecular weight excluding hydrogens is 320 g/mol. The molecule has 126 valence electrons. The Hall–Kier alpha value is -2.08. The Morgan fingerprint density at radius 3 is 2.52 bits per heavy atom. The predicted octanol–water partition coefficient (Wildman–Crippen LogP) is 1.77. The first-order valence-corrected chi connectivity index (χ1v) is 7.62. The Bertz CT molecular complexity index is 575. The van der Waals surface area contributed by atoms with Gasteiger partial charge in [0.25, 0.3) is 5.91 Å². The number of amides is 2. The average molecular weight is 341 g/mol. The Kier molecular flexibility index (Phi) is 7.54. The van der Waals surface area contributed by atoms with Crippen LogP contribution in [-0.2, 0) is 14.3 Å². The summed E-state index contributed by atoms with van der Waals surface area (Å²) in [7, 11) is 1.27. The van der Waals surface area contributed by atoms with E-state index in [9.17, 15) is 14.4 Å². The fraction of sp³-hybridized carbons (Fsp3) is 0.438. The second-order valence-corrected chi connectivity index (χ2v) is 5.90. The molecule has 1 aromatic rings. The zero-order valence-corrected chi connectivity index (χ0v) is 14.1. The summed E-state index contributed by atoms with van der Waals surface area (Å²) in [6, 6.07) is 5.67. The lowest BCUT2D eigenvalue weighted by Crippen LogP contribution is -2.46. The third kappa shape index (κ3) is 6.69. The maximum atomic E-state index is 11.9. The van der Waals surface area contributed by atoms with Gasteiger partial charge in [0.1, 0.15) is 6.04 Å². The first kappa shape index (κ1) is 19.0. The molecule has 1 aromatic carbocycles. The number of carbonyl (C=O) groups excluding carboxylic acids is 3. The standard InChI is InChI=1S/C16H21ClN2O4/c1-10(2)7-13(16(22)23-3)19-14(20)9-18-15(21)11-5-4-6-12(17)8-11/h4-6,8,10,13H,7,9H2,1-3H3,(H,18,21)(H,19,20)/t13-/m0/s1. The van der Waals surface area contributed by atoms with E-state index in [0.29, 0.717) is 17.0 Å². The van der Waals surface area contributed by atoms with Gasteiger partial charge in [0.2, 0.25) is 5.91 Å². The summed E-state index contributed by atoms with van der Waals surface area (Å²) in [5.41, 5.74) is 0.358. The van der Waals surface area contributed by atoms with Crippen molar-refractivity contribution in [3.8, 4) is 0 Å². The summed E-state index contributed by atoms with van der Waals surface area (Å²) in [5.74, 6) is -1.17. The zero-order valence-electron chi connectivity index (χ0n) is 13.4. The Labute approximate surface area is 140 Å². The van der Waals surface area contributed by atoms with E-state index in [4.69, 9.17) is 11.6 Å². The fourth-order valence-corrected chi connectivity index (χ4v) is 2.16.